The fraction of sp³-hybridized carbons (Fsp3) is 0. The smallest absolute Gasteiger partial charge is 0.267 e. The van der Waals surface area contributed by atoms with Gasteiger partial charge in [0.2, 0.25) is 11.4 Å². The summed E-state index contributed by atoms with van der Waals surface area (Å²) in [5, 5.41) is 0. The first-order chi connectivity index (χ1) is 8.49. The van der Waals surface area contributed by atoms with E-state index in [4.69, 9.17) is 0 Å². The molecule has 18 heavy (non-hydrogen) atoms. The topological polar surface area (TPSA) is 91.9 Å². The number of hydrogen-bond acceptors (Lipinski definition) is 4. The molecule has 0 atom stereocenters. The van der Waals surface area contributed by atoms with Gasteiger partial charge in [-0.05, 0) is 12.1 Å². The van der Waals surface area contributed by atoms with Gasteiger partial charge in [0.25, 0.3) is 10.0 Å². The predicted octanol–water partition coefficient (Wildman–Crippen LogP) is 0.710. The van der Waals surface area contributed by atoms with Crippen LogP contribution in [-0.2, 0) is 10.0 Å². The van der Waals surface area contributed by atoms with E-state index in [1.54, 1.807) is 0 Å². The lowest BCUT2D eigenvalue weighted by molar-refractivity contribution is 0.583. The van der Waals surface area contributed by atoms with E-state index in [0.29, 0.717) is 0 Å². The number of rotatable bonds is 3. The largest absolute Gasteiger partial charge is 0.366 e. The van der Waals surface area contributed by atoms with Gasteiger partial charge in [-0.25, -0.2) is 13.4 Å². The summed E-state index contributed by atoms with van der Waals surface area (Å²) in [6.07, 6.45) is 3.41. The molecule has 0 radical (unpaired) electrons. The van der Waals surface area contributed by atoms with Gasteiger partial charge in [-0.15, -0.1) is 0 Å². The summed E-state index contributed by atoms with van der Waals surface area (Å²) in [5.41, 5.74) is -0.573. The van der Waals surface area contributed by atoms with E-state index in [9.17, 15) is 17.6 Å². The van der Waals surface area contributed by atoms with Crippen molar-refractivity contribution in [2.24, 2.45) is 0 Å². The Morgan fingerprint density at radius 3 is 2.67 bits per heavy atom. The lowest BCUT2D eigenvalue weighted by Gasteiger charge is -2.06. The molecule has 2 rings (SSSR count). The number of pyridine rings is 2. The molecule has 2 N–H and O–H groups in total. The number of nitrogens with one attached hydrogen (secondary N) is 2. The molecule has 94 valence electrons. The van der Waals surface area contributed by atoms with E-state index in [-0.39, 0.29) is 5.69 Å². The number of aromatic amines is 1. The monoisotopic (exact) mass is 269 g/mol. The van der Waals surface area contributed by atoms with Crippen LogP contribution in [0.3, 0.4) is 0 Å². The van der Waals surface area contributed by atoms with E-state index in [2.05, 4.69) is 14.7 Å². The first-order valence-corrected chi connectivity index (χ1v) is 6.29. The molecule has 0 aliphatic carbocycles. The second kappa shape index (κ2) is 4.57. The number of aromatic nitrogens is 2. The Morgan fingerprint density at radius 2 is 2.06 bits per heavy atom. The highest BCUT2D eigenvalue weighted by Gasteiger charge is 2.17. The fourth-order valence-corrected chi connectivity index (χ4v) is 2.35. The zero-order chi connectivity index (χ0) is 13.2. The normalized spacial score (nSPS) is 11.2. The average molecular weight is 269 g/mol. The Balaban J connectivity index is 2.36. The Hall–Kier alpha value is -2.22. The Morgan fingerprint density at radius 1 is 1.28 bits per heavy atom. The van der Waals surface area contributed by atoms with Crippen molar-refractivity contribution in [1.82, 2.24) is 9.97 Å². The number of sulfonamides is 1. The molecule has 2 heterocycles. The van der Waals surface area contributed by atoms with Crippen molar-refractivity contribution >= 4 is 15.7 Å². The maximum absolute atomic E-state index is 12.6. The SMILES string of the molecule is O=c1cc[nH]cc1S(=O)(=O)Nc1ccc(F)nc1. The number of H-pyrrole nitrogens is 1. The first-order valence-electron chi connectivity index (χ1n) is 4.80. The molecule has 0 amide bonds. The fourth-order valence-electron chi connectivity index (χ4n) is 1.26. The molecule has 0 unspecified atom stereocenters. The lowest BCUT2D eigenvalue weighted by Crippen LogP contribution is -2.21. The van der Waals surface area contributed by atoms with Gasteiger partial charge in [0.1, 0.15) is 0 Å². The summed E-state index contributed by atoms with van der Waals surface area (Å²) in [5.74, 6) is -0.726. The number of hydrogen-bond donors (Lipinski definition) is 2. The number of anilines is 1. The summed E-state index contributed by atoms with van der Waals surface area (Å²) in [4.78, 5) is 16.8. The van der Waals surface area contributed by atoms with Gasteiger partial charge >= 0.3 is 0 Å². The summed E-state index contributed by atoms with van der Waals surface area (Å²) >= 11 is 0. The predicted molar refractivity (Wildman–Crippen MR) is 62.1 cm³/mol. The summed E-state index contributed by atoms with van der Waals surface area (Å²) in [6.45, 7) is 0. The molecule has 2 aromatic heterocycles. The molecule has 0 aliphatic rings. The van der Waals surface area contributed by atoms with Crippen LogP contribution in [0.2, 0.25) is 0 Å². The molecule has 0 saturated carbocycles. The molecule has 0 bridgehead atoms. The summed E-state index contributed by atoms with van der Waals surface area (Å²) < 4.78 is 38.4. The van der Waals surface area contributed by atoms with Crippen molar-refractivity contribution in [2.45, 2.75) is 4.90 Å². The Labute approximate surface area is 102 Å². The number of halogens is 1. The van der Waals surface area contributed by atoms with Gasteiger partial charge in [-0.2, -0.15) is 4.39 Å². The molecule has 2 aromatic rings. The van der Waals surface area contributed by atoms with Crippen LogP contribution in [0.1, 0.15) is 0 Å². The molecular formula is C10H8FN3O3S. The third-order valence-corrected chi connectivity index (χ3v) is 3.46. The van der Waals surface area contributed by atoms with Crippen LogP contribution in [0, 0.1) is 5.95 Å². The third-order valence-electron chi connectivity index (χ3n) is 2.06. The van der Waals surface area contributed by atoms with Gasteiger partial charge in [-0.3, -0.25) is 9.52 Å². The highest BCUT2D eigenvalue weighted by Crippen LogP contribution is 2.11. The Kier molecular flexibility index (Phi) is 3.11. The summed E-state index contributed by atoms with van der Waals surface area (Å²) in [7, 11) is -4.01. The van der Waals surface area contributed by atoms with E-state index in [1.807, 2.05) is 0 Å². The molecule has 8 heteroatoms. The van der Waals surface area contributed by atoms with Crippen LogP contribution in [0.5, 0.6) is 0 Å². The molecule has 0 saturated heterocycles. The third kappa shape index (κ3) is 2.54. The second-order valence-corrected chi connectivity index (χ2v) is 5.00. The number of nitrogens with zero attached hydrogens (tertiary/aromatic N) is 1. The van der Waals surface area contributed by atoms with Crippen LogP contribution >= 0.6 is 0 Å². The molecule has 0 aromatic carbocycles. The van der Waals surface area contributed by atoms with Crippen LogP contribution in [0.15, 0.2) is 46.5 Å². The second-order valence-electron chi connectivity index (χ2n) is 3.35. The minimum absolute atomic E-state index is 0.0691. The van der Waals surface area contributed by atoms with Gasteiger partial charge < -0.3 is 4.98 Å². The maximum atomic E-state index is 12.6. The van der Waals surface area contributed by atoms with Crippen LogP contribution in [0.25, 0.3) is 0 Å². The average Bonchev–Trinajstić information content (AvgIpc) is 2.32. The minimum atomic E-state index is -4.01. The van der Waals surface area contributed by atoms with Crippen molar-refractivity contribution < 1.29 is 12.8 Å². The summed E-state index contributed by atoms with van der Waals surface area (Å²) in [6, 6.07) is 3.31. The highest BCUT2D eigenvalue weighted by atomic mass is 32.2. The van der Waals surface area contributed by atoms with Gasteiger partial charge in [-0.1, -0.05) is 0 Å². The van der Waals surface area contributed by atoms with Crippen LogP contribution < -0.4 is 10.2 Å². The van der Waals surface area contributed by atoms with E-state index in [1.165, 1.54) is 12.3 Å². The molecule has 6 nitrogen and oxygen atoms in total. The molecular weight excluding hydrogens is 261 g/mol. The standard InChI is InChI=1S/C10H8FN3O3S/c11-10-2-1-7(5-13-10)14-18(16,17)9-6-12-4-3-8(9)15/h1-6,14H,(H,12,15). The van der Waals surface area contributed by atoms with E-state index in [0.717, 1.165) is 24.5 Å². The zero-order valence-corrected chi connectivity index (χ0v) is 9.74. The minimum Gasteiger partial charge on any atom is -0.366 e. The van der Waals surface area contributed by atoms with E-state index < -0.39 is 26.3 Å². The van der Waals surface area contributed by atoms with Crippen LogP contribution in [-0.4, -0.2) is 18.4 Å². The van der Waals surface area contributed by atoms with Crippen molar-refractivity contribution in [3.05, 3.63) is 53.0 Å². The molecule has 0 spiro atoms. The van der Waals surface area contributed by atoms with Crippen LogP contribution in [0.4, 0.5) is 10.1 Å². The van der Waals surface area contributed by atoms with Crippen molar-refractivity contribution in [3.8, 4) is 0 Å². The first kappa shape index (κ1) is 12.2. The van der Waals surface area contributed by atoms with Crippen molar-refractivity contribution in [1.29, 1.82) is 0 Å². The Bertz CT molecular complexity index is 710. The quantitative estimate of drug-likeness (QED) is 0.803. The molecule has 0 aliphatic heterocycles. The molecule has 0 fully saturated rings. The van der Waals surface area contributed by atoms with Crippen molar-refractivity contribution in [3.63, 3.8) is 0 Å². The van der Waals surface area contributed by atoms with E-state index >= 15 is 0 Å². The highest BCUT2D eigenvalue weighted by molar-refractivity contribution is 7.92. The van der Waals surface area contributed by atoms with Gasteiger partial charge in [0, 0.05) is 18.5 Å². The zero-order valence-electron chi connectivity index (χ0n) is 8.92. The van der Waals surface area contributed by atoms with Crippen molar-refractivity contribution in [2.75, 3.05) is 4.72 Å². The maximum Gasteiger partial charge on any atom is 0.267 e. The lowest BCUT2D eigenvalue weighted by atomic mass is 10.4. The van der Waals surface area contributed by atoms with Gasteiger partial charge in [0.15, 0.2) is 4.90 Å². The van der Waals surface area contributed by atoms with Gasteiger partial charge in [0.05, 0.1) is 11.9 Å².